The van der Waals surface area contributed by atoms with Gasteiger partial charge in [-0.3, -0.25) is 4.90 Å². The van der Waals surface area contributed by atoms with E-state index in [1.807, 2.05) is 42.5 Å². The van der Waals surface area contributed by atoms with E-state index in [0.29, 0.717) is 11.4 Å². The molecule has 138 valence electrons. The van der Waals surface area contributed by atoms with Crippen molar-refractivity contribution in [1.82, 2.24) is 9.88 Å². The Hall–Kier alpha value is -2.31. The number of hydrogen-bond donors (Lipinski definition) is 1. The number of pyridine rings is 1. The van der Waals surface area contributed by atoms with Crippen LogP contribution in [0.15, 0.2) is 48.7 Å². The van der Waals surface area contributed by atoms with Crippen molar-refractivity contribution in [3.8, 4) is 0 Å². The van der Waals surface area contributed by atoms with Crippen LogP contribution in [-0.2, 0) is 4.74 Å². The average molecular weight is 375 g/mol. The number of nitrogens with two attached hydrogens (primary N) is 1. The minimum absolute atomic E-state index is 0.322. The van der Waals surface area contributed by atoms with E-state index in [9.17, 15) is 4.79 Å². The first-order valence-electron chi connectivity index (χ1n) is 8.72. The Kier molecular flexibility index (Phi) is 6.30. The van der Waals surface area contributed by atoms with Gasteiger partial charge in [-0.15, -0.1) is 0 Å². The van der Waals surface area contributed by atoms with Crippen LogP contribution in [0.3, 0.4) is 0 Å². The van der Waals surface area contributed by atoms with Gasteiger partial charge in [-0.2, -0.15) is 0 Å². The van der Waals surface area contributed by atoms with Crippen molar-refractivity contribution in [2.45, 2.75) is 12.5 Å². The fourth-order valence-electron chi connectivity index (χ4n) is 3.19. The Morgan fingerprint density at radius 3 is 2.54 bits per heavy atom. The summed E-state index contributed by atoms with van der Waals surface area (Å²) in [6.07, 6.45) is 1.40. The molecule has 1 saturated heterocycles. The quantitative estimate of drug-likeness (QED) is 0.841. The maximum Gasteiger partial charge on any atom is 0.405 e. The molecule has 2 heterocycles. The molecule has 1 unspecified atom stereocenters. The first kappa shape index (κ1) is 18.5. The third-order valence-electron chi connectivity index (χ3n) is 4.55. The van der Waals surface area contributed by atoms with E-state index in [0.717, 1.165) is 44.1 Å². The van der Waals surface area contributed by atoms with Gasteiger partial charge in [0, 0.05) is 45.3 Å². The van der Waals surface area contributed by atoms with E-state index in [2.05, 4.69) is 14.8 Å². The third-order valence-corrected chi connectivity index (χ3v) is 4.84. The summed E-state index contributed by atoms with van der Waals surface area (Å²) in [5, 5.41) is 0.681. The van der Waals surface area contributed by atoms with Gasteiger partial charge in [0.2, 0.25) is 0 Å². The van der Waals surface area contributed by atoms with E-state index < -0.39 is 6.09 Å². The molecule has 1 atom stereocenters. The molecule has 0 saturated carbocycles. The Morgan fingerprint density at radius 1 is 1.15 bits per heavy atom. The summed E-state index contributed by atoms with van der Waals surface area (Å²) in [5.41, 5.74) is 6.20. The number of anilines is 1. The number of ether oxygens (including phenoxy) is 1. The molecular formula is C19H23ClN4O2. The summed E-state index contributed by atoms with van der Waals surface area (Å²) in [6, 6.07) is 13.4. The predicted molar refractivity (Wildman–Crippen MR) is 102 cm³/mol. The van der Waals surface area contributed by atoms with Crippen LogP contribution in [0.5, 0.6) is 0 Å². The molecule has 0 aliphatic carbocycles. The van der Waals surface area contributed by atoms with E-state index >= 15 is 0 Å². The Balaban J connectivity index is 1.53. The molecule has 1 aliphatic rings. The Bertz CT molecular complexity index is 720. The molecule has 0 radical (unpaired) electrons. The van der Waals surface area contributed by atoms with Crippen molar-refractivity contribution in [1.29, 1.82) is 0 Å². The van der Waals surface area contributed by atoms with Gasteiger partial charge in [-0.1, -0.05) is 41.9 Å². The van der Waals surface area contributed by atoms with Crippen LogP contribution in [0, 0.1) is 0 Å². The van der Waals surface area contributed by atoms with Crippen LogP contribution >= 0.6 is 11.6 Å². The summed E-state index contributed by atoms with van der Waals surface area (Å²) < 4.78 is 5.31. The van der Waals surface area contributed by atoms with Crippen LogP contribution < -0.4 is 10.6 Å². The van der Waals surface area contributed by atoms with Gasteiger partial charge < -0.3 is 15.4 Å². The highest BCUT2D eigenvalue weighted by Gasteiger charge is 2.22. The topological polar surface area (TPSA) is 71.7 Å². The van der Waals surface area contributed by atoms with Crippen LogP contribution in [0.1, 0.15) is 18.1 Å². The summed E-state index contributed by atoms with van der Waals surface area (Å²) in [4.78, 5) is 20.2. The van der Waals surface area contributed by atoms with Gasteiger partial charge in [0.1, 0.15) is 11.9 Å². The number of benzene rings is 1. The number of nitrogens with zero attached hydrogens (tertiary/aromatic N) is 3. The lowest BCUT2D eigenvalue weighted by Gasteiger charge is -2.36. The molecule has 3 rings (SSSR count). The molecule has 1 aromatic carbocycles. The molecule has 1 amide bonds. The van der Waals surface area contributed by atoms with Crippen molar-refractivity contribution in [2.75, 3.05) is 37.6 Å². The van der Waals surface area contributed by atoms with Gasteiger partial charge in [-0.05, 0) is 17.7 Å². The largest absolute Gasteiger partial charge is 0.441 e. The van der Waals surface area contributed by atoms with Crippen molar-refractivity contribution in [3.05, 3.63) is 59.2 Å². The van der Waals surface area contributed by atoms with E-state index in [1.54, 1.807) is 6.20 Å². The fourth-order valence-corrected chi connectivity index (χ4v) is 3.44. The second kappa shape index (κ2) is 8.87. The first-order chi connectivity index (χ1) is 12.6. The number of halogens is 1. The summed E-state index contributed by atoms with van der Waals surface area (Å²) in [5.74, 6) is 0.841. The number of rotatable bonds is 6. The van der Waals surface area contributed by atoms with Gasteiger partial charge in [0.15, 0.2) is 0 Å². The number of aromatic nitrogens is 1. The fraction of sp³-hybridized carbons (Fsp3) is 0.368. The monoisotopic (exact) mass is 374 g/mol. The molecule has 1 fully saturated rings. The minimum Gasteiger partial charge on any atom is -0.441 e. The number of hydrogen-bond acceptors (Lipinski definition) is 5. The molecule has 26 heavy (non-hydrogen) atoms. The molecule has 0 bridgehead atoms. The van der Waals surface area contributed by atoms with Gasteiger partial charge >= 0.3 is 6.09 Å². The predicted octanol–water partition coefficient (Wildman–Crippen LogP) is 3.08. The molecule has 7 heteroatoms. The average Bonchev–Trinajstić information content (AvgIpc) is 2.66. The van der Waals surface area contributed by atoms with Crippen molar-refractivity contribution < 1.29 is 9.53 Å². The zero-order chi connectivity index (χ0) is 18.4. The van der Waals surface area contributed by atoms with Crippen LogP contribution in [0.2, 0.25) is 5.02 Å². The maximum absolute atomic E-state index is 11.2. The highest BCUT2D eigenvalue weighted by Crippen LogP contribution is 2.25. The molecule has 1 aromatic heterocycles. The standard InChI is InChI=1S/C19H23ClN4O2/c20-16-7-4-9-22-18(16)24-13-11-23(12-14-24)10-8-17(26-19(21)25)15-5-2-1-3-6-15/h1-7,9,17H,8,10-14H2,(H2,21,25). The van der Waals surface area contributed by atoms with Crippen molar-refractivity contribution >= 4 is 23.5 Å². The molecule has 6 nitrogen and oxygen atoms in total. The van der Waals surface area contributed by atoms with Gasteiger partial charge in [0.05, 0.1) is 5.02 Å². The van der Waals surface area contributed by atoms with Crippen LogP contribution in [0.4, 0.5) is 10.6 Å². The second-order valence-electron chi connectivity index (χ2n) is 6.26. The second-order valence-corrected chi connectivity index (χ2v) is 6.67. The van der Waals surface area contributed by atoms with Crippen molar-refractivity contribution in [2.24, 2.45) is 5.73 Å². The number of piperazine rings is 1. The lowest BCUT2D eigenvalue weighted by Crippen LogP contribution is -2.47. The zero-order valence-electron chi connectivity index (χ0n) is 14.6. The number of carbonyl (C=O) groups excluding carboxylic acids is 1. The van der Waals surface area contributed by atoms with Gasteiger partial charge in [-0.25, -0.2) is 9.78 Å². The minimum atomic E-state index is -0.742. The maximum atomic E-state index is 11.2. The van der Waals surface area contributed by atoms with E-state index in [1.165, 1.54) is 0 Å². The lowest BCUT2D eigenvalue weighted by atomic mass is 10.1. The van der Waals surface area contributed by atoms with Crippen LogP contribution in [0.25, 0.3) is 0 Å². The number of amides is 1. The summed E-state index contributed by atoms with van der Waals surface area (Å²) in [6.45, 7) is 4.37. The molecule has 0 spiro atoms. The Morgan fingerprint density at radius 2 is 1.88 bits per heavy atom. The lowest BCUT2D eigenvalue weighted by molar-refractivity contribution is 0.0910. The highest BCUT2D eigenvalue weighted by atomic mass is 35.5. The Labute approximate surface area is 158 Å². The van der Waals surface area contributed by atoms with Gasteiger partial charge in [0.25, 0.3) is 0 Å². The van der Waals surface area contributed by atoms with E-state index in [4.69, 9.17) is 22.1 Å². The SMILES string of the molecule is NC(=O)OC(CCN1CCN(c2ncccc2Cl)CC1)c1ccccc1. The summed E-state index contributed by atoms with van der Waals surface area (Å²) >= 11 is 6.23. The molecule has 1 aliphatic heterocycles. The molecule has 2 aromatic rings. The number of carbonyl (C=O) groups is 1. The normalized spacial score (nSPS) is 16.3. The third kappa shape index (κ3) is 4.86. The zero-order valence-corrected chi connectivity index (χ0v) is 15.3. The molecular weight excluding hydrogens is 352 g/mol. The van der Waals surface area contributed by atoms with Crippen molar-refractivity contribution in [3.63, 3.8) is 0 Å². The molecule has 2 N–H and O–H groups in total. The van der Waals surface area contributed by atoms with Crippen LogP contribution in [-0.4, -0.2) is 48.7 Å². The first-order valence-corrected chi connectivity index (χ1v) is 9.10. The highest BCUT2D eigenvalue weighted by molar-refractivity contribution is 6.32. The van der Waals surface area contributed by atoms with E-state index in [-0.39, 0.29) is 6.10 Å². The number of primary amides is 1. The summed E-state index contributed by atoms with van der Waals surface area (Å²) in [7, 11) is 0. The smallest absolute Gasteiger partial charge is 0.405 e.